The van der Waals surface area contributed by atoms with Gasteiger partial charge in [0.15, 0.2) is 0 Å². The van der Waals surface area contributed by atoms with E-state index in [1.165, 1.54) is 5.56 Å². The molecule has 1 saturated heterocycles. The van der Waals surface area contributed by atoms with Gasteiger partial charge in [-0.25, -0.2) is 0 Å². The van der Waals surface area contributed by atoms with Gasteiger partial charge in [-0.1, -0.05) is 29.8 Å². The zero-order valence-electron chi connectivity index (χ0n) is 11.3. The van der Waals surface area contributed by atoms with E-state index in [-0.39, 0.29) is 18.1 Å². The van der Waals surface area contributed by atoms with Crippen molar-refractivity contribution in [2.24, 2.45) is 0 Å². The van der Waals surface area contributed by atoms with E-state index < -0.39 is 0 Å². The lowest BCUT2D eigenvalue weighted by Crippen LogP contribution is -2.51. The van der Waals surface area contributed by atoms with Crippen LogP contribution in [0.15, 0.2) is 24.3 Å². The van der Waals surface area contributed by atoms with E-state index in [1.807, 2.05) is 36.1 Å². The van der Waals surface area contributed by atoms with Crippen molar-refractivity contribution >= 4 is 5.91 Å². The molecule has 2 unspecified atom stereocenters. The Kier molecular flexibility index (Phi) is 4.02. The molecule has 0 bridgehead atoms. The number of nitrogens with zero attached hydrogens (tertiary/aromatic N) is 1. The van der Waals surface area contributed by atoms with Crippen molar-refractivity contribution in [3.63, 3.8) is 0 Å². The number of rotatable bonds is 2. The first-order valence-electron chi connectivity index (χ1n) is 6.54. The predicted octanol–water partition coefficient (Wildman–Crippen LogP) is 2.17. The van der Waals surface area contributed by atoms with Gasteiger partial charge in [0.1, 0.15) is 0 Å². The third-order valence-corrected chi connectivity index (χ3v) is 3.68. The van der Waals surface area contributed by atoms with Gasteiger partial charge in [-0.2, -0.15) is 0 Å². The molecule has 98 valence electrons. The van der Waals surface area contributed by atoms with Gasteiger partial charge in [0.05, 0.1) is 25.2 Å². The van der Waals surface area contributed by atoms with Gasteiger partial charge < -0.3 is 9.64 Å². The zero-order valence-corrected chi connectivity index (χ0v) is 11.3. The number of benzene rings is 1. The summed E-state index contributed by atoms with van der Waals surface area (Å²) in [5.74, 6) is 0.196. The molecule has 1 fully saturated rings. The van der Waals surface area contributed by atoms with Gasteiger partial charge in [-0.15, -0.1) is 0 Å². The average Bonchev–Trinajstić information content (AvgIpc) is 2.35. The van der Waals surface area contributed by atoms with Crippen LogP contribution in [-0.4, -0.2) is 36.1 Å². The van der Waals surface area contributed by atoms with Crippen LogP contribution < -0.4 is 0 Å². The molecule has 1 amide bonds. The second-order valence-corrected chi connectivity index (χ2v) is 5.07. The molecule has 0 N–H and O–H groups in total. The molecule has 1 aromatic rings. The number of aryl methyl sites for hydroxylation is 1. The highest BCUT2D eigenvalue weighted by Crippen LogP contribution is 2.15. The van der Waals surface area contributed by atoms with Crippen LogP contribution in [-0.2, 0) is 16.0 Å². The summed E-state index contributed by atoms with van der Waals surface area (Å²) in [5, 5.41) is 0. The van der Waals surface area contributed by atoms with Gasteiger partial charge in [0, 0.05) is 6.54 Å². The Morgan fingerprint density at radius 3 is 2.67 bits per heavy atom. The van der Waals surface area contributed by atoms with Crippen LogP contribution in [0, 0.1) is 6.92 Å². The molecular formula is C15H21NO2. The van der Waals surface area contributed by atoms with E-state index in [1.54, 1.807) is 0 Å². The normalized spacial score (nSPS) is 24.1. The minimum Gasteiger partial charge on any atom is -0.375 e. The molecule has 1 aliphatic rings. The number of morpholine rings is 1. The summed E-state index contributed by atoms with van der Waals surface area (Å²) in [7, 11) is 0. The van der Waals surface area contributed by atoms with Gasteiger partial charge in [-0.05, 0) is 26.3 Å². The van der Waals surface area contributed by atoms with Crippen molar-refractivity contribution in [3.05, 3.63) is 35.4 Å². The highest BCUT2D eigenvalue weighted by molar-refractivity contribution is 5.79. The van der Waals surface area contributed by atoms with E-state index >= 15 is 0 Å². The quantitative estimate of drug-likeness (QED) is 0.801. The standard InChI is InChI=1S/C15H21NO2/c1-11-4-6-14(7-5-11)10-15(17)16-8-9-18-13(3)12(16)2/h4-7,12-13H,8-10H2,1-3H3. The Bertz CT molecular complexity index is 413. The van der Waals surface area contributed by atoms with Gasteiger partial charge in [0.2, 0.25) is 5.91 Å². The first-order valence-corrected chi connectivity index (χ1v) is 6.54. The van der Waals surface area contributed by atoms with Crippen LogP contribution in [0.25, 0.3) is 0 Å². The molecule has 0 radical (unpaired) electrons. The van der Waals surface area contributed by atoms with E-state index in [4.69, 9.17) is 4.74 Å². The Morgan fingerprint density at radius 1 is 1.33 bits per heavy atom. The molecule has 2 atom stereocenters. The maximum absolute atomic E-state index is 12.3. The number of carbonyl (C=O) groups excluding carboxylic acids is 1. The summed E-state index contributed by atoms with van der Waals surface area (Å²) < 4.78 is 5.54. The summed E-state index contributed by atoms with van der Waals surface area (Å²) >= 11 is 0. The lowest BCUT2D eigenvalue weighted by molar-refractivity contribution is -0.143. The molecule has 0 spiro atoms. The van der Waals surface area contributed by atoms with E-state index in [9.17, 15) is 4.79 Å². The third kappa shape index (κ3) is 2.91. The molecular weight excluding hydrogens is 226 g/mol. The number of ether oxygens (including phenoxy) is 1. The number of hydrogen-bond donors (Lipinski definition) is 0. The van der Waals surface area contributed by atoms with Crippen LogP contribution in [0.2, 0.25) is 0 Å². The second kappa shape index (κ2) is 5.53. The smallest absolute Gasteiger partial charge is 0.227 e. The zero-order chi connectivity index (χ0) is 13.1. The monoisotopic (exact) mass is 247 g/mol. The molecule has 3 heteroatoms. The van der Waals surface area contributed by atoms with E-state index in [0.717, 1.165) is 5.56 Å². The number of hydrogen-bond acceptors (Lipinski definition) is 2. The highest BCUT2D eigenvalue weighted by Gasteiger charge is 2.28. The maximum atomic E-state index is 12.3. The van der Waals surface area contributed by atoms with Crippen LogP contribution in [0.3, 0.4) is 0 Å². The second-order valence-electron chi connectivity index (χ2n) is 5.07. The average molecular weight is 247 g/mol. The molecule has 3 nitrogen and oxygen atoms in total. The summed E-state index contributed by atoms with van der Waals surface area (Å²) in [6.45, 7) is 7.48. The Morgan fingerprint density at radius 2 is 2.00 bits per heavy atom. The molecule has 1 aliphatic heterocycles. The van der Waals surface area contributed by atoms with Crippen molar-refractivity contribution in [2.75, 3.05) is 13.2 Å². The van der Waals surface area contributed by atoms with Crippen LogP contribution in [0.4, 0.5) is 0 Å². The van der Waals surface area contributed by atoms with Gasteiger partial charge >= 0.3 is 0 Å². The van der Waals surface area contributed by atoms with Crippen molar-refractivity contribution in [1.82, 2.24) is 4.90 Å². The summed E-state index contributed by atoms with van der Waals surface area (Å²) in [4.78, 5) is 14.2. The molecule has 1 heterocycles. The van der Waals surface area contributed by atoms with Gasteiger partial charge in [-0.3, -0.25) is 4.79 Å². The molecule has 2 rings (SSSR count). The predicted molar refractivity (Wildman–Crippen MR) is 71.5 cm³/mol. The number of carbonyl (C=O) groups is 1. The molecule has 0 aromatic heterocycles. The fourth-order valence-corrected chi connectivity index (χ4v) is 2.27. The lowest BCUT2D eigenvalue weighted by atomic mass is 10.1. The summed E-state index contributed by atoms with van der Waals surface area (Å²) in [6, 6.07) is 8.32. The van der Waals surface area contributed by atoms with Crippen molar-refractivity contribution in [2.45, 2.75) is 39.3 Å². The SMILES string of the molecule is Cc1ccc(CC(=O)N2CCOC(C)C2C)cc1. The Hall–Kier alpha value is -1.35. The molecule has 1 aromatic carbocycles. The highest BCUT2D eigenvalue weighted by atomic mass is 16.5. The molecule has 0 aliphatic carbocycles. The first-order chi connectivity index (χ1) is 8.58. The van der Waals surface area contributed by atoms with Crippen LogP contribution in [0.1, 0.15) is 25.0 Å². The minimum atomic E-state index is 0.126. The molecule has 18 heavy (non-hydrogen) atoms. The van der Waals surface area contributed by atoms with Crippen LogP contribution in [0.5, 0.6) is 0 Å². The Balaban J connectivity index is 2.01. The lowest BCUT2D eigenvalue weighted by Gasteiger charge is -2.38. The summed E-state index contributed by atoms with van der Waals surface area (Å²) in [6.07, 6.45) is 0.609. The Labute approximate surface area is 109 Å². The van der Waals surface area contributed by atoms with Crippen molar-refractivity contribution < 1.29 is 9.53 Å². The van der Waals surface area contributed by atoms with Crippen LogP contribution >= 0.6 is 0 Å². The maximum Gasteiger partial charge on any atom is 0.227 e. The van der Waals surface area contributed by atoms with E-state index in [2.05, 4.69) is 13.8 Å². The van der Waals surface area contributed by atoms with Crippen molar-refractivity contribution in [3.8, 4) is 0 Å². The molecule has 0 saturated carbocycles. The minimum absolute atomic E-state index is 0.126. The fourth-order valence-electron chi connectivity index (χ4n) is 2.27. The van der Waals surface area contributed by atoms with E-state index in [0.29, 0.717) is 19.6 Å². The third-order valence-electron chi connectivity index (χ3n) is 3.68. The number of amides is 1. The largest absolute Gasteiger partial charge is 0.375 e. The first kappa shape index (κ1) is 13.1. The topological polar surface area (TPSA) is 29.5 Å². The van der Waals surface area contributed by atoms with Crippen molar-refractivity contribution in [1.29, 1.82) is 0 Å². The fraction of sp³-hybridized carbons (Fsp3) is 0.533. The summed E-state index contributed by atoms with van der Waals surface area (Å²) in [5.41, 5.74) is 2.30. The van der Waals surface area contributed by atoms with Gasteiger partial charge in [0.25, 0.3) is 0 Å².